The molecular weight excluding hydrogens is 388 g/mol. The van der Waals surface area contributed by atoms with E-state index >= 15 is 0 Å². The third-order valence-electron chi connectivity index (χ3n) is 5.15. The summed E-state index contributed by atoms with van der Waals surface area (Å²) in [4.78, 5) is 36.8. The summed E-state index contributed by atoms with van der Waals surface area (Å²) >= 11 is 3.32. The Kier molecular flexibility index (Phi) is 4.82. The molecule has 25 heavy (non-hydrogen) atoms. The van der Waals surface area contributed by atoms with Gasteiger partial charge in [-0.15, -0.1) is 0 Å². The Balaban J connectivity index is 1.90. The first kappa shape index (κ1) is 17.9. The number of ether oxygens (including phenoxy) is 2. The van der Waals surface area contributed by atoms with Gasteiger partial charge >= 0.3 is 11.9 Å². The Hall–Kier alpha value is -1.95. The van der Waals surface area contributed by atoms with Crippen molar-refractivity contribution in [1.29, 1.82) is 0 Å². The van der Waals surface area contributed by atoms with Crippen molar-refractivity contribution in [3.8, 4) is 0 Å². The van der Waals surface area contributed by atoms with Gasteiger partial charge in [-0.05, 0) is 44.0 Å². The molecule has 1 aliphatic carbocycles. The number of cyclic esters (lactones) is 1. The predicted octanol–water partition coefficient (Wildman–Crippen LogP) is 3.46. The summed E-state index contributed by atoms with van der Waals surface area (Å²) < 4.78 is 11.7. The average molecular weight is 407 g/mol. The van der Waals surface area contributed by atoms with Crippen molar-refractivity contribution in [3.63, 3.8) is 0 Å². The predicted molar refractivity (Wildman–Crippen MR) is 93.9 cm³/mol. The van der Waals surface area contributed by atoms with Crippen LogP contribution in [0.4, 0.5) is 0 Å². The Morgan fingerprint density at radius 3 is 2.56 bits per heavy atom. The molecular formula is C19H19BrO5. The third-order valence-corrected chi connectivity index (χ3v) is 5.68. The maximum Gasteiger partial charge on any atom is 0.338 e. The monoisotopic (exact) mass is 406 g/mol. The van der Waals surface area contributed by atoms with Crippen molar-refractivity contribution in [3.05, 3.63) is 46.5 Å². The number of rotatable bonds is 4. The van der Waals surface area contributed by atoms with E-state index in [1.165, 1.54) is 0 Å². The number of carbonyl (C=O) groups is 3. The fraction of sp³-hybridized carbons (Fsp3) is 0.421. The molecule has 0 spiro atoms. The first-order valence-electron chi connectivity index (χ1n) is 8.18. The van der Waals surface area contributed by atoms with E-state index in [0.29, 0.717) is 18.4 Å². The maximum atomic E-state index is 12.6. The molecule has 0 N–H and O–H groups in total. The van der Waals surface area contributed by atoms with E-state index in [1.807, 2.05) is 0 Å². The molecule has 1 aromatic rings. The lowest BCUT2D eigenvalue weighted by Gasteiger charge is -2.35. The first-order valence-corrected chi connectivity index (χ1v) is 8.98. The second-order valence-corrected chi connectivity index (χ2v) is 7.67. The number of ketones is 1. The van der Waals surface area contributed by atoms with E-state index in [2.05, 4.69) is 22.5 Å². The summed E-state index contributed by atoms with van der Waals surface area (Å²) in [5.41, 5.74) is -0.181. The van der Waals surface area contributed by atoms with Crippen LogP contribution in [-0.2, 0) is 19.1 Å². The number of hydrogen-bond acceptors (Lipinski definition) is 5. The minimum atomic E-state index is -0.827. The van der Waals surface area contributed by atoms with E-state index in [0.717, 1.165) is 10.9 Å². The average Bonchev–Trinajstić information content (AvgIpc) is 3.09. The van der Waals surface area contributed by atoms with Crippen molar-refractivity contribution >= 4 is 33.7 Å². The Bertz CT molecular complexity index is 739. The van der Waals surface area contributed by atoms with Crippen LogP contribution in [0.25, 0.3) is 0 Å². The fourth-order valence-electron chi connectivity index (χ4n) is 3.55. The van der Waals surface area contributed by atoms with Gasteiger partial charge in [-0.25, -0.2) is 9.59 Å². The highest BCUT2D eigenvalue weighted by atomic mass is 79.9. The molecule has 2 aliphatic rings. The van der Waals surface area contributed by atoms with Gasteiger partial charge in [-0.3, -0.25) is 4.79 Å². The topological polar surface area (TPSA) is 69.7 Å². The molecule has 0 radical (unpaired) electrons. The summed E-state index contributed by atoms with van der Waals surface area (Å²) in [5, 5.41) is 0. The summed E-state index contributed by atoms with van der Waals surface area (Å²) in [5.74, 6) is -1.47. The second kappa shape index (κ2) is 6.75. The minimum Gasteiger partial charge on any atom is -0.462 e. The number of benzene rings is 1. The Labute approximate surface area is 154 Å². The lowest BCUT2D eigenvalue weighted by atomic mass is 9.74. The molecule has 1 saturated carbocycles. The Morgan fingerprint density at radius 2 is 2.04 bits per heavy atom. The third kappa shape index (κ3) is 3.27. The lowest BCUT2D eigenvalue weighted by Crippen LogP contribution is -2.45. The fourth-order valence-corrected chi connectivity index (χ4v) is 3.81. The zero-order valence-electron chi connectivity index (χ0n) is 13.9. The van der Waals surface area contributed by atoms with Crippen molar-refractivity contribution in [1.82, 2.24) is 0 Å². The Morgan fingerprint density at radius 1 is 1.36 bits per heavy atom. The van der Waals surface area contributed by atoms with Crippen LogP contribution in [0.2, 0.25) is 0 Å². The van der Waals surface area contributed by atoms with Crippen LogP contribution in [0.15, 0.2) is 40.9 Å². The quantitative estimate of drug-likeness (QED) is 0.565. The number of carbonyl (C=O) groups excluding carboxylic acids is 3. The molecule has 132 valence electrons. The van der Waals surface area contributed by atoms with Crippen LogP contribution >= 0.6 is 15.9 Å². The molecule has 0 bridgehead atoms. The van der Waals surface area contributed by atoms with E-state index in [9.17, 15) is 14.4 Å². The molecule has 2 fully saturated rings. The summed E-state index contributed by atoms with van der Waals surface area (Å²) in [6, 6.07) is 6.78. The van der Waals surface area contributed by atoms with Crippen LogP contribution in [-0.4, -0.2) is 30.4 Å². The summed E-state index contributed by atoms with van der Waals surface area (Å²) in [6.07, 6.45) is 1.05. The van der Waals surface area contributed by atoms with Gasteiger partial charge in [0.25, 0.3) is 0 Å². The molecule has 3 rings (SSSR count). The van der Waals surface area contributed by atoms with Crippen LogP contribution in [0.1, 0.15) is 36.5 Å². The minimum absolute atomic E-state index is 0.0493. The first-order chi connectivity index (χ1) is 11.8. The van der Waals surface area contributed by atoms with Crippen LogP contribution < -0.4 is 0 Å². The van der Waals surface area contributed by atoms with Crippen LogP contribution in [0.5, 0.6) is 0 Å². The SMILES string of the molecule is C=C1C(=O)OC[C@H]1[C@@H](OC(=O)c1ccc(Br)cc1)[C@@]1(C)CCCC1=O. The molecule has 1 aliphatic heterocycles. The molecule has 6 heteroatoms. The van der Waals surface area contributed by atoms with Crippen molar-refractivity contribution in [2.24, 2.45) is 11.3 Å². The lowest BCUT2D eigenvalue weighted by molar-refractivity contribution is -0.135. The van der Waals surface area contributed by atoms with Gasteiger partial charge in [-0.1, -0.05) is 22.5 Å². The highest BCUT2D eigenvalue weighted by Crippen LogP contribution is 2.44. The van der Waals surface area contributed by atoms with E-state index in [1.54, 1.807) is 31.2 Å². The smallest absolute Gasteiger partial charge is 0.338 e. The number of hydrogen-bond donors (Lipinski definition) is 0. The number of halogens is 1. The van der Waals surface area contributed by atoms with Gasteiger partial charge in [0.1, 0.15) is 18.5 Å². The van der Waals surface area contributed by atoms with E-state index in [4.69, 9.17) is 9.47 Å². The molecule has 5 nitrogen and oxygen atoms in total. The number of Topliss-reactive ketones (excluding diaryl/α,β-unsaturated/α-hetero) is 1. The maximum absolute atomic E-state index is 12.6. The van der Waals surface area contributed by atoms with E-state index < -0.39 is 29.4 Å². The molecule has 0 aromatic heterocycles. The molecule has 0 unspecified atom stereocenters. The number of esters is 2. The zero-order valence-corrected chi connectivity index (χ0v) is 15.5. The molecule has 0 amide bonds. The second-order valence-electron chi connectivity index (χ2n) is 6.76. The highest BCUT2D eigenvalue weighted by Gasteiger charge is 2.52. The zero-order chi connectivity index (χ0) is 18.2. The van der Waals surface area contributed by atoms with Gasteiger partial charge in [-0.2, -0.15) is 0 Å². The van der Waals surface area contributed by atoms with Gasteiger partial charge in [0.2, 0.25) is 0 Å². The van der Waals surface area contributed by atoms with E-state index in [-0.39, 0.29) is 18.0 Å². The van der Waals surface area contributed by atoms with Crippen LogP contribution in [0, 0.1) is 11.3 Å². The normalized spacial score (nSPS) is 27.3. The van der Waals surface area contributed by atoms with Gasteiger partial charge in [0, 0.05) is 16.5 Å². The highest BCUT2D eigenvalue weighted by molar-refractivity contribution is 9.10. The van der Waals surface area contributed by atoms with Crippen LogP contribution in [0.3, 0.4) is 0 Å². The largest absolute Gasteiger partial charge is 0.462 e. The van der Waals surface area contributed by atoms with Crippen molar-refractivity contribution in [2.75, 3.05) is 6.61 Å². The molecule has 1 saturated heterocycles. The van der Waals surface area contributed by atoms with Gasteiger partial charge in [0.05, 0.1) is 16.9 Å². The summed E-state index contributed by atoms with van der Waals surface area (Å²) in [7, 11) is 0. The molecule has 1 heterocycles. The van der Waals surface area contributed by atoms with Gasteiger partial charge in [0.15, 0.2) is 0 Å². The van der Waals surface area contributed by atoms with Crippen molar-refractivity contribution < 1.29 is 23.9 Å². The molecule has 1 aromatic carbocycles. The van der Waals surface area contributed by atoms with Crippen molar-refractivity contribution in [2.45, 2.75) is 32.3 Å². The van der Waals surface area contributed by atoms with Gasteiger partial charge < -0.3 is 9.47 Å². The molecule has 3 atom stereocenters. The standard InChI is InChI=1S/C19H19BrO5/c1-11-14(10-24-17(11)22)16(19(2)9-3-4-15(19)21)25-18(23)12-5-7-13(20)8-6-12/h5-8,14,16H,1,3-4,9-10H2,2H3/t14-,16-,19+/m1/s1. The summed E-state index contributed by atoms with van der Waals surface area (Å²) in [6.45, 7) is 5.66.